The van der Waals surface area contributed by atoms with Gasteiger partial charge in [-0.2, -0.15) is 0 Å². The van der Waals surface area contributed by atoms with Crippen LogP contribution < -0.4 is 5.32 Å². The Morgan fingerprint density at radius 1 is 0.593 bits per heavy atom. The van der Waals surface area contributed by atoms with Crippen LogP contribution in [0, 0.1) is 5.92 Å². The zero-order chi connectivity index (χ0) is 38.9. The van der Waals surface area contributed by atoms with E-state index < -0.39 is 0 Å². The molecule has 1 aliphatic heterocycles. The number of hydrogen-bond donors (Lipinski definition) is 1. The second-order valence-corrected chi connectivity index (χ2v) is 17.6. The molecule has 2 amide bonds. The SMILES string of the molecule is CCCCCC/C=C\CCCCCCCC(=O)N(C(CCCCCCCC)CCCCCCCC)C(C(=O)NC1CCCCCC1)C1CCN(CC)CC1. The van der Waals surface area contributed by atoms with E-state index in [1.165, 1.54) is 161 Å². The molecule has 1 saturated carbocycles. The van der Waals surface area contributed by atoms with Gasteiger partial charge >= 0.3 is 0 Å². The fourth-order valence-electron chi connectivity index (χ4n) is 9.31. The highest BCUT2D eigenvalue weighted by atomic mass is 16.2. The minimum atomic E-state index is -0.321. The van der Waals surface area contributed by atoms with E-state index in [0.29, 0.717) is 6.42 Å². The molecule has 1 N–H and O–H groups in total. The Labute approximate surface area is 337 Å². The number of hydrogen-bond acceptors (Lipinski definition) is 3. The van der Waals surface area contributed by atoms with Crippen LogP contribution in [-0.4, -0.2) is 59.4 Å². The maximum absolute atomic E-state index is 14.8. The Kier molecular flexibility index (Phi) is 30.5. The molecular weight excluding hydrogens is 663 g/mol. The molecule has 2 aliphatic rings. The molecule has 54 heavy (non-hydrogen) atoms. The lowest BCUT2D eigenvalue weighted by Crippen LogP contribution is -2.59. The summed E-state index contributed by atoms with van der Waals surface area (Å²) in [5, 5.41) is 3.62. The molecule has 1 unspecified atom stereocenters. The van der Waals surface area contributed by atoms with Crippen molar-refractivity contribution in [2.24, 2.45) is 5.92 Å². The maximum atomic E-state index is 14.8. The maximum Gasteiger partial charge on any atom is 0.243 e. The van der Waals surface area contributed by atoms with Gasteiger partial charge in [0.05, 0.1) is 0 Å². The monoisotopic (exact) mass is 756 g/mol. The summed E-state index contributed by atoms with van der Waals surface area (Å²) in [6.45, 7) is 12.3. The number of amides is 2. The lowest BCUT2D eigenvalue weighted by molar-refractivity contribution is -0.147. The zero-order valence-corrected chi connectivity index (χ0v) is 36.8. The molecule has 1 aliphatic carbocycles. The highest BCUT2D eigenvalue weighted by molar-refractivity contribution is 5.88. The first-order valence-electron chi connectivity index (χ1n) is 24.5. The number of nitrogens with one attached hydrogen (secondary N) is 1. The largest absolute Gasteiger partial charge is 0.352 e. The van der Waals surface area contributed by atoms with Crippen molar-refractivity contribution in [3.8, 4) is 0 Å². The van der Waals surface area contributed by atoms with Crippen LogP contribution in [0.25, 0.3) is 0 Å². The third-order valence-corrected chi connectivity index (χ3v) is 12.9. The van der Waals surface area contributed by atoms with Gasteiger partial charge in [-0.15, -0.1) is 0 Å². The fraction of sp³-hybridized carbons (Fsp3) is 0.918. The van der Waals surface area contributed by atoms with E-state index in [-0.39, 0.29) is 35.9 Å². The highest BCUT2D eigenvalue weighted by Gasteiger charge is 2.41. The lowest BCUT2D eigenvalue weighted by atomic mass is 9.85. The molecule has 1 heterocycles. The molecule has 1 atom stereocenters. The lowest BCUT2D eigenvalue weighted by Gasteiger charge is -2.44. The normalized spacial score (nSPS) is 17.0. The second-order valence-electron chi connectivity index (χ2n) is 17.6. The third kappa shape index (κ3) is 22.4. The summed E-state index contributed by atoms with van der Waals surface area (Å²) in [6, 6.07) is 0.123. The standard InChI is InChI=1S/C49H93N3O2/c1-5-9-12-15-18-19-20-21-22-23-24-27-34-39-47(53)52(46(37-32-25-16-13-10-6-2)38-33-26-17-14-11-7-3)48(44-40-42-51(8-4)43-41-44)49(54)50-45-35-30-28-29-31-36-45/h19-20,44-46,48H,5-18,21-43H2,1-4H3,(H,50,54)/b20-19-. The van der Waals surface area contributed by atoms with E-state index in [1.54, 1.807) is 0 Å². The molecule has 2 fully saturated rings. The smallest absolute Gasteiger partial charge is 0.243 e. The third-order valence-electron chi connectivity index (χ3n) is 12.9. The van der Waals surface area contributed by atoms with E-state index in [1.807, 2.05) is 0 Å². The number of carbonyl (C=O) groups excluding carboxylic acids is 2. The Morgan fingerprint density at radius 3 is 1.57 bits per heavy atom. The number of carbonyl (C=O) groups is 2. The first kappa shape index (κ1) is 48.8. The number of allylic oxidation sites excluding steroid dienone is 2. The van der Waals surface area contributed by atoms with E-state index in [0.717, 1.165) is 71.0 Å². The molecule has 5 nitrogen and oxygen atoms in total. The number of likely N-dealkylation sites (tertiary alicyclic amines) is 1. The summed E-state index contributed by atoms with van der Waals surface area (Å²) in [6.07, 6.45) is 45.5. The summed E-state index contributed by atoms with van der Waals surface area (Å²) < 4.78 is 0. The number of unbranched alkanes of at least 4 members (excludes halogenated alkanes) is 19. The minimum absolute atomic E-state index is 0.178. The predicted octanol–water partition coefficient (Wildman–Crippen LogP) is 13.9. The van der Waals surface area contributed by atoms with Crippen molar-refractivity contribution in [2.75, 3.05) is 19.6 Å². The zero-order valence-electron chi connectivity index (χ0n) is 36.8. The molecule has 0 spiro atoms. The van der Waals surface area contributed by atoms with Gasteiger partial charge in [0.15, 0.2) is 0 Å². The van der Waals surface area contributed by atoms with Crippen LogP contribution in [0.15, 0.2) is 12.2 Å². The van der Waals surface area contributed by atoms with Crippen molar-refractivity contribution in [2.45, 2.75) is 264 Å². The van der Waals surface area contributed by atoms with Gasteiger partial charge in [0, 0.05) is 18.5 Å². The average Bonchev–Trinajstić information content (AvgIpc) is 3.46. The van der Waals surface area contributed by atoms with Gasteiger partial charge in [-0.3, -0.25) is 9.59 Å². The van der Waals surface area contributed by atoms with Crippen LogP contribution in [0.4, 0.5) is 0 Å². The van der Waals surface area contributed by atoms with E-state index in [2.05, 4.69) is 55.0 Å². The van der Waals surface area contributed by atoms with Crippen LogP contribution in [-0.2, 0) is 9.59 Å². The van der Waals surface area contributed by atoms with Crippen molar-refractivity contribution >= 4 is 11.8 Å². The first-order valence-corrected chi connectivity index (χ1v) is 24.5. The van der Waals surface area contributed by atoms with E-state index in [4.69, 9.17) is 0 Å². The van der Waals surface area contributed by atoms with Gasteiger partial charge in [0.1, 0.15) is 6.04 Å². The molecule has 0 radical (unpaired) electrons. The molecule has 0 bridgehead atoms. The van der Waals surface area contributed by atoms with Gasteiger partial charge in [0.2, 0.25) is 11.8 Å². The fourth-order valence-corrected chi connectivity index (χ4v) is 9.31. The number of rotatable bonds is 33. The summed E-state index contributed by atoms with van der Waals surface area (Å²) in [7, 11) is 0. The molecule has 0 aromatic rings. The minimum Gasteiger partial charge on any atom is -0.352 e. The summed E-state index contributed by atoms with van der Waals surface area (Å²) in [5.74, 6) is 0.709. The number of nitrogens with zero attached hydrogens (tertiary/aromatic N) is 2. The summed E-state index contributed by atoms with van der Waals surface area (Å²) in [4.78, 5) is 34.4. The van der Waals surface area contributed by atoms with Gasteiger partial charge < -0.3 is 15.1 Å². The Morgan fingerprint density at radius 2 is 1.06 bits per heavy atom. The van der Waals surface area contributed by atoms with Crippen molar-refractivity contribution in [1.82, 2.24) is 15.1 Å². The van der Waals surface area contributed by atoms with Crippen molar-refractivity contribution in [3.63, 3.8) is 0 Å². The van der Waals surface area contributed by atoms with Crippen molar-refractivity contribution < 1.29 is 9.59 Å². The first-order chi connectivity index (χ1) is 26.5. The summed E-state index contributed by atoms with van der Waals surface area (Å²) >= 11 is 0. The van der Waals surface area contributed by atoms with Crippen LogP contribution in [0.1, 0.15) is 246 Å². The molecule has 1 saturated heterocycles. The average molecular weight is 756 g/mol. The molecule has 316 valence electrons. The van der Waals surface area contributed by atoms with Crippen LogP contribution in [0.3, 0.4) is 0 Å². The van der Waals surface area contributed by atoms with Crippen molar-refractivity contribution in [1.29, 1.82) is 0 Å². The van der Waals surface area contributed by atoms with Crippen LogP contribution in [0.5, 0.6) is 0 Å². The topological polar surface area (TPSA) is 52.7 Å². The molecule has 5 heteroatoms. The second kappa shape index (κ2) is 33.7. The Hall–Kier alpha value is -1.36. The quantitative estimate of drug-likeness (QED) is 0.0412. The molecule has 0 aromatic heterocycles. The Bertz CT molecular complexity index is 889. The van der Waals surface area contributed by atoms with Crippen molar-refractivity contribution in [3.05, 3.63) is 12.2 Å². The van der Waals surface area contributed by atoms with Gasteiger partial charge in [-0.25, -0.2) is 0 Å². The predicted molar refractivity (Wildman–Crippen MR) is 235 cm³/mol. The van der Waals surface area contributed by atoms with Gasteiger partial charge in [-0.05, 0) is 96.2 Å². The van der Waals surface area contributed by atoms with Gasteiger partial charge in [-0.1, -0.05) is 181 Å². The van der Waals surface area contributed by atoms with Crippen LogP contribution in [0.2, 0.25) is 0 Å². The Balaban J connectivity index is 2.21. The van der Waals surface area contributed by atoms with E-state index >= 15 is 0 Å². The summed E-state index contributed by atoms with van der Waals surface area (Å²) in [5.41, 5.74) is 0. The van der Waals surface area contributed by atoms with Crippen LogP contribution >= 0.6 is 0 Å². The molecule has 0 aromatic carbocycles. The molecule has 2 rings (SSSR count). The van der Waals surface area contributed by atoms with Gasteiger partial charge in [0.25, 0.3) is 0 Å². The molecular formula is C49H93N3O2. The highest BCUT2D eigenvalue weighted by Crippen LogP contribution is 2.31. The number of piperidine rings is 1. The van der Waals surface area contributed by atoms with E-state index in [9.17, 15) is 9.59 Å².